The van der Waals surface area contributed by atoms with E-state index in [0.29, 0.717) is 18.1 Å². The van der Waals surface area contributed by atoms with Crippen LogP contribution < -0.4 is 0 Å². The number of hydrogen-bond acceptors (Lipinski definition) is 9. The van der Waals surface area contributed by atoms with E-state index in [0.717, 1.165) is 17.5 Å². The van der Waals surface area contributed by atoms with Gasteiger partial charge in [-0.15, -0.1) is 0 Å². The zero-order valence-electron chi connectivity index (χ0n) is 20.0. The maximum Gasteiger partial charge on any atom is 0.353 e. The molecular weight excluding hydrogens is 499 g/mol. The van der Waals surface area contributed by atoms with Gasteiger partial charge in [-0.3, -0.25) is 4.57 Å². The number of aliphatic hydroxyl groups excluding tert-OH is 2. The summed E-state index contributed by atoms with van der Waals surface area (Å²) in [7, 11) is -0.293. The molecule has 1 aliphatic heterocycles. The Kier molecular flexibility index (Phi) is 8.84. The summed E-state index contributed by atoms with van der Waals surface area (Å²) in [4.78, 5) is 20.5. The van der Waals surface area contributed by atoms with Gasteiger partial charge < -0.3 is 38.6 Å². The molecular formula is C22H34ClN4O7P. The van der Waals surface area contributed by atoms with Crippen molar-refractivity contribution in [3.8, 4) is 0 Å². The molecule has 1 saturated heterocycles. The van der Waals surface area contributed by atoms with E-state index in [1.54, 1.807) is 10.8 Å². The monoisotopic (exact) mass is 532 g/mol. The summed E-state index contributed by atoms with van der Waals surface area (Å²) < 4.78 is 30.0. The van der Waals surface area contributed by atoms with Crippen molar-refractivity contribution in [3.05, 3.63) is 23.2 Å². The minimum Gasteiger partial charge on any atom is -0.387 e. The van der Waals surface area contributed by atoms with Crippen molar-refractivity contribution in [2.45, 2.75) is 56.6 Å². The average Bonchev–Trinajstić information content (AvgIpc) is 3.50. The number of aromatic nitrogens is 3. The molecule has 3 heterocycles. The molecule has 1 unspecified atom stereocenters. The van der Waals surface area contributed by atoms with Gasteiger partial charge in [-0.25, -0.2) is 4.98 Å². The van der Waals surface area contributed by atoms with Gasteiger partial charge in [0.25, 0.3) is 0 Å². The normalized spacial score (nSPS) is 27.3. The van der Waals surface area contributed by atoms with E-state index in [2.05, 4.69) is 9.97 Å². The van der Waals surface area contributed by atoms with Crippen molar-refractivity contribution in [2.75, 3.05) is 40.2 Å². The highest BCUT2D eigenvalue weighted by Gasteiger charge is 2.44. The second kappa shape index (κ2) is 11.5. The first-order valence-electron chi connectivity index (χ1n) is 11.9. The molecule has 0 amide bonds. The molecule has 4 rings (SSSR count). The van der Waals surface area contributed by atoms with Gasteiger partial charge in [0.2, 0.25) is 5.28 Å². The van der Waals surface area contributed by atoms with E-state index in [1.807, 2.05) is 25.1 Å². The number of nitrogens with zero attached hydrogens (tertiary/aromatic N) is 4. The molecule has 0 spiro atoms. The predicted octanol–water partition coefficient (Wildman–Crippen LogP) is 2.17. The summed E-state index contributed by atoms with van der Waals surface area (Å²) in [6.07, 6.45) is 2.43. The number of likely N-dealkylation sites (N-methyl/N-ethyl adjacent to an activating group) is 1. The van der Waals surface area contributed by atoms with E-state index in [4.69, 9.17) is 25.6 Å². The highest BCUT2D eigenvalue weighted by Crippen LogP contribution is 2.42. The van der Waals surface area contributed by atoms with Gasteiger partial charge in [-0.2, -0.15) is 4.98 Å². The third-order valence-electron chi connectivity index (χ3n) is 6.56. The van der Waals surface area contributed by atoms with Crippen LogP contribution >= 0.6 is 19.2 Å². The van der Waals surface area contributed by atoms with E-state index in [-0.39, 0.29) is 18.5 Å². The number of fused-ring (bicyclic) bond motifs is 1. The molecule has 11 nitrogen and oxygen atoms in total. The van der Waals surface area contributed by atoms with Crippen LogP contribution in [0.25, 0.3) is 11.0 Å². The Balaban J connectivity index is 1.41. The molecule has 3 N–H and O–H groups in total. The largest absolute Gasteiger partial charge is 0.387 e. The Morgan fingerprint density at radius 1 is 1.26 bits per heavy atom. The molecule has 2 fully saturated rings. The summed E-state index contributed by atoms with van der Waals surface area (Å²) in [6.45, 7) is 0.378. The fourth-order valence-electron chi connectivity index (χ4n) is 4.70. The second-order valence-corrected chi connectivity index (χ2v) is 11.7. The molecule has 0 bridgehead atoms. The van der Waals surface area contributed by atoms with Crippen LogP contribution in [-0.2, 0) is 25.0 Å². The third kappa shape index (κ3) is 6.60. The predicted molar refractivity (Wildman–Crippen MR) is 129 cm³/mol. The fraction of sp³-hybridized carbons (Fsp3) is 0.727. The Labute approximate surface area is 209 Å². The number of rotatable bonds is 11. The van der Waals surface area contributed by atoms with Crippen LogP contribution in [0, 0.1) is 5.92 Å². The van der Waals surface area contributed by atoms with Crippen LogP contribution in [0.4, 0.5) is 0 Å². The van der Waals surface area contributed by atoms with E-state index in [9.17, 15) is 19.7 Å². The first-order chi connectivity index (χ1) is 16.6. The lowest BCUT2D eigenvalue weighted by Crippen LogP contribution is -2.34. The molecule has 1 aliphatic carbocycles. The Morgan fingerprint density at radius 3 is 2.71 bits per heavy atom. The molecule has 1 saturated carbocycles. The topological polar surface area (TPSA) is 139 Å². The first kappa shape index (κ1) is 26.9. The van der Waals surface area contributed by atoms with Crippen LogP contribution in [0.3, 0.4) is 0 Å². The van der Waals surface area contributed by atoms with Crippen molar-refractivity contribution in [1.29, 1.82) is 0 Å². The smallest absolute Gasteiger partial charge is 0.353 e. The fourth-order valence-corrected chi connectivity index (χ4v) is 5.66. The molecule has 2 aromatic heterocycles. The minimum absolute atomic E-state index is 0.0847. The van der Waals surface area contributed by atoms with Crippen molar-refractivity contribution < 1.29 is 33.7 Å². The molecule has 5 atom stereocenters. The van der Waals surface area contributed by atoms with E-state index in [1.165, 1.54) is 25.7 Å². The Morgan fingerprint density at radius 2 is 2.00 bits per heavy atom. The molecule has 0 radical (unpaired) electrons. The van der Waals surface area contributed by atoms with Gasteiger partial charge in [-0.05, 0) is 44.1 Å². The summed E-state index contributed by atoms with van der Waals surface area (Å²) in [5.41, 5.74) is 1.39. The Hall–Kier alpha value is -1.14. The first-order valence-corrected chi connectivity index (χ1v) is 14.0. The maximum absolute atomic E-state index is 12.1. The van der Waals surface area contributed by atoms with Gasteiger partial charge in [-0.1, -0.05) is 25.7 Å². The van der Waals surface area contributed by atoms with Crippen LogP contribution in [-0.4, -0.2) is 93.1 Å². The standard InChI is InChI=1S/C22H34ClN4O7P/c1-26(2)9-10-33-35(30,31)13-32-12-17-18(28)19(29)21(34-17)27-8-7-15-16(11-14-5-3-4-6-14)24-22(23)25-20(15)27/h7-8,14,17-19,21,28-29H,3-6,9-13H2,1-2H3,(H,30,31)/t17-,18-,19-,21-/m1/s1. The highest BCUT2D eigenvalue weighted by atomic mass is 35.5. The van der Waals surface area contributed by atoms with Crippen LogP contribution in [0.15, 0.2) is 12.3 Å². The van der Waals surface area contributed by atoms with Gasteiger partial charge >= 0.3 is 7.60 Å². The summed E-state index contributed by atoms with van der Waals surface area (Å²) in [6, 6.07) is 1.87. The van der Waals surface area contributed by atoms with Gasteiger partial charge in [0.05, 0.1) is 18.9 Å². The quantitative estimate of drug-likeness (QED) is 0.291. The van der Waals surface area contributed by atoms with Crippen LogP contribution in [0.5, 0.6) is 0 Å². The molecule has 2 aromatic rings. The van der Waals surface area contributed by atoms with Gasteiger partial charge in [0.1, 0.15) is 30.3 Å². The summed E-state index contributed by atoms with van der Waals surface area (Å²) in [5.74, 6) is 0.568. The zero-order chi connectivity index (χ0) is 25.2. The maximum atomic E-state index is 12.1. The third-order valence-corrected chi connectivity index (χ3v) is 7.82. The number of ether oxygens (including phenoxy) is 2. The van der Waals surface area contributed by atoms with Crippen molar-refractivity contribution in [3.63, 3.8) is 0 Å². The molecule has 0 aromatic carbocycles. The lowest BCUT2D eigenvalue weighted by Gasteiger charge is -2.18. The minimum atomic E-state index is -3.95. The van der Waals surface area contributed by atoms with Crippen molar-refractivity contribution >= 4 is 30.2 Å². The Bertz CT molecular complexity index is 1050. The SMILES string of the molecule is CN(C)CCOP(=O)(O)COC[C@H]1O[C@@H](n2ccc3c(CC4CCCC4)nc(Cl)nc32)[C@H](O)[C@@H]1O. The van der Waals surface area contributed by atoms with Crippen LogP contribution in [0.2, 0.25) is 5.28 Å². The molecule has 2 aliphatic rings. The van der Waals surface area contributed by atoms with E-state index < -0.39 is 38.5 Å². The number of halogens is 1. The highest BCUT2D eigenvalue weighted by molar-refractivity contribution is 7.52. The molecule has 35 heavy (non-hydrogen) atoms. The summed E-state index contributed by atoms with van der Waals surface area (Å²) in [5, 5.41) is 22.2. The molecule has 13 heteroatoms. The average molecular weight is 533 g/mol. The van der Waals surface area contributed by atoms with Gasteiger partial charge in [0.15, 0.2) is 6.23 Å². The summed E-state index contributed by atoms with van der Waals surface area (Å²) >= 11 is 6.23. The lowest BCUT2D eigenvalue weighted by atomic mass is 10.0. The second-order valence-electron chi connectivity index (χ2n) is 9.57. The van der Waals surface area contributed by atoms with Crippen molar-refractivity contribution in [1.82, 2.24) is 19.4 Å². The lowest BCUT2D eigenvalue weighted by molar-refractivity contribution is -0.0613. The van der Waals surface area contributed by atoms with Crippen LogP contribution in [0.1, 0.15) is 37.6 Å². The van der Waals surface area contributed by atoms with E-state index >= 15 is 0 Å². The zero-order valence-corrected chi connectivity index (χ0v) is 21.6. The number of hydrogen-bond donors (Lipinski definition) is 3. The van der Waals surface area contributed by atoms with Crippen molar-refractivity contribution in [2.24, 2.45) is 5.92 Å². The van der Waals surface area contributed by atoms with Gasteiger partial charge in [0, 0.05) is 18.1 Å². The molecule has 196 valence electrons. The number of aliphatic hydroxyl groups is 2.